The van der Waals surface area contributed by atoms with Crippen molar-refractivity contribution in [1.29, 1.82) is 0 Å². The van der Waals surface area contributed by atoms with E-state index in [1.54, 1.807) is 12.4 Å². The largest absolute Gasteiger partial charge is 0.381 e. The van der Waals surface area contributed by atoms with Crippen molar-refractivity contribution >= 4 is 5.91 Å². The maximum atomic E-state index is 12.7. The van der Waals surface area contributed by atoms with Crippen LogP contribution in [0.3, 0.4) is 0 Å². The number of piperidine rings is 1. The lowest BCUT2D eigenvalue weighted by Crippen LogP contribution is -2.51. The first-order valence-electron chi connectivity index (χ1n) is 10.4. The van der Waals surface area contributed by atoms with Gasteiger partial charge in [-0.2, -0.15) is 0 Å². The molecule has 3 heterocycles. The van der Waals surface area contributed by atoms with E-state index in [1.807, 2.05) is 17.0 Å². The van der Waals surface area contributed by atoms with Gasteiger partial charge in [0, 0.05) is 57.3 Å². The zero-order valence-electron chi connectivity index (χ0n) is 16.4. The van der Waals surface area contributed by atoms with Gasteiger partial charge in [-0.05, 0) is 43.4 Å². The zero-order valence-corrected chi connectivity index (χ0v) is 16.4. The van der Waals surface area contributed by atoms with Crippen molar-refractivity contribution in [1.82, 2.24) is 14.8 Å². The number of ether oxygens (including phenoxy) is 1. The molecule has 1 aromatic heterocycles. The molecule has 4 rings (SSSR count). The van der Waals surface area contributed by atoms with E-state index in [4.69, 9.17) is 4.74 Å². The fourth-order valence-corrected chi connectivity index (χ4v) is 4.44. The molecule has 0 radical (unpaired) electrons. The van der Waals surface area contributed by atoms with Crippen LogP contribution in [0.15, 0.2) is 54.9 Å². The molecular formula is C23H29N3O2. The first kappa shape index (κ1) is 19.1. The van der Waals surface area contributed by atoms with Gasteiger partial charge in [-0.1, -0.05) is 30.3 Å². The Labute approximate surface area is 167 Å². The molecule has 2 saturated heterocycles. The van der Waals surface area contributed by atoms with Gasteiger partial charge in [-0.25, -0.2) is 0 Å². The van der Waals surface area contributed by atoms with E-state index in [0.29, 0.717) is 17.6 Å². The number of nitrogens with zero attached hydrogens (tertiary/aromatic N) is 3. The Bertz CT molecular complexity index is 739. The molecule has 0 bridgehead atoms. The quantitative estimate of drug-likeness (QED) is 0.799. The average Bonchev–Trinajstić information content (AvgIpc) is 2.79. The van der Waals surface area contributed by atoms with Crippen molar-refractivity contribution in [2.24, 2.45) is 0 Å². The summed E-state index contributed by atoms with van der Waals surface area (Å²) in [6.07, 6.45) is 7.62. The van der Waals surface area contributed by atoms with Crippen molar-refractivity contribution in [2.75, 3.05) is 26.3 Å². The van der Waals surface area contributed by atoms with Crippen LogP contribution in [0.5, 0.6) is 0 Å². The molecule has 1 aromatic carbocycles. The minimum atomic E-state index is 0.104. The second-order valence-corrected chi connectivity index (χ2v) is 7.77. The molecule has 2 aliphatic rings. The van der Waals surface area contributed by atoms with Crippen LogP contribution in [-0.2, 0) is 11.3 Å². The molecule has 1 amide bonds. The van der Waals surface area contributed by atoms with Gasteiger partial charge in [0.2, 0.25) is 0 Å². The third-order valence-electron chi connectivity index (χ3n) is 6.00. The third-order valence-corrected chi connectivity index (χ3v) is 6.00. The summed E-state index contributed by atoms with van der Waals surface area (Å²) in [5.74, 6) is 0.104. The fourth-order valence-electron chi connectivity index (χ4n) is 4.44. The Morgan fingerprint density at radius 3 is 2.39 bits per heavy atom. The highest BCUT2D eigenvalue weighted by Crippen LogP contribution is 2.26. The van der Waals surface area contributed by atoms with Gasteiger partial charge >= 0.3 is 0 Å². The van der Waals surface area contributed by atoms with E-state index >= 15 is 0 Å². The Hall–Kier alpha value is -2.24. The number of benzene rings is 1. The summed E-state index contributed by atoms with van der Waals surface area (Å²) in [6.45, 7) is 4.31. The number of aromatic nitrogens is 1. The molecule has 2 aliphatic heterocycles. The molecule has 0 atom stereocenters. The van der Waals surface area contributed by atoms with Gasteiger partial charge < -0.3 is 9.64 Å². The number of pyridine rings is 1. The van der Waals surface area contributed by atoms with Gasteiger partial charge in [0.25, 0.3) is 5.91 Å². The third kappa shape index (κ3) is 4.59. The van der Waals surface area contributed by atoms with Crippen molar-refractivity contribution in [3.63, 3.8) is 0 Å². The Kier molecular flexibility index (Phi) is 6.34. The van der Waals surface area contributed by atoms with Crippen LogP contribution in [-0.4, -0.2) is 59.1 Å². The van der Waals surface area contributed by atoms with Crippen LogP contribution < -0.4 is 0 Å². The van der Waals surface area contributed by atoms with Gasteiger partial charge in [0.1, 0.15) is 0 Å². The lowest BCUT2D eigenvalue weighted by atomic mass is 9.96. The highest BCUT2D eigenvalue weighted by atomic mass is 16.5. The van der Waals surface area contributed by atoms with Crippen molar-refractivity contribution < 1.29 is 9.53 Å². The zero-order chi connectivity index (χ0) is 19.2. The number of likely N-dealkylation sites (tertiary alicyclic amines) is 1. The number of amides is 1. The predicted molar refractivity (Wildman–Crippen MR) is 109 cm³/mol. The van der Waals surface area contributed by atoms with Crippen LogP contribution in [0, 0.1) is 0 Å². The number of carbonyl (C=O) groups is 1. The Balaban J connectivity index is 1.42. The lowest BCUT2D eigenvalue weighted by molar-refractivity contribution is -0.00148. The standard InChI is InChI=1S/C23H29N3O2/c27-23(20-7-4-12-24-17-20)25-13-8-21(9-14-25)26(22-10-15-28-16-11-22)18-19-5-2-1-3-6-19/h1-7,12,17,21-22H,8-11,13-16,18H2. The van der Waals surface area contributed by atoms with Crippen molar-refractivity contribution in [3.8, 4) is 0 Å². The number of hydrogen-bond donors (Lipinski definition) is 0. The number of rotatable bonds is 5. The van der Waals surface area contributed by atoms with Crippen LogP contribution >= 0.6 is 0 Å². The van der Waals surface area contributed by atoms with Crippen LogP contribution in [0.25, 0.3) is 0 Å². The van der Waals surface area contributed by atoms with E-state index in [0.717, 1.165) is 58.5 Å². The Morgan fingerprint density at radius 2 is 1.71 bits per heavy atom. The number of hydrogen-bond acceptors (Lipinski definition) is 4. The predicted octanol–water partition coefficient (Wildman–Crippen LogP) is 3.37. The van der Waals surface area contributed by atoms with Crippen LogP contribution in [0.4, 0.5) is 0 Å². The maximum Gasteiger partial charge on any atom is 0.255 e. The van der Waals surface area contributed by atoms with Crippen LogP contribution in [0.2, 0.25) is 0 Å². The van der Waals surface area contributed by atoms with E-state index < -0.39 is 0 Å². The molecule has 148 valence electrons. The lowest BCUT2D eigenvalue weighted by Gasteiger charge is -2.43. The fraction of sp³-hybridized carbons (Fsp3) is 0.478. The van der Waals surface area contributed by atoms with E-state index in [9.17, 15) is 4.79 Å². The van der Waals surface area contributed by atoms with E-state index in [1.165, 1.54) is 5.56 Å². The summed E-state index contributed by atoms with van der Waals surface area (Å²) in [5, 5.41) is 0. The van der Waals surface area contributed by atoms with E-state index in [2.05, 4.69) is 40.2 Å². The summed E-state index contributed by atoms with van der Waals surface area (Å²) in [5.41, 5.74) is 2.05. The minimum Gasteiger partial charge on any atom is -0.381 e. The van der Waals surface area contributed by atoms with Gasteiger partial charge in [0.15, 0.2) is 0 Å². The molecule has 2 fully saturated rings. The summed E-state index contributed by atoms with van der Waals surface area (Å²) in [6, 6.07) is 15.5. The number of carbonyl (C=O) groups excluding carboxylic acids is 1. The SMILES string of the molecule is O=C(c1cccnc1)N1CCC(N(Cc2ccccc2)C2CCOCC2)CC1. The first-order chi connectivity index (χ1) is 13.8. The molecule has 0 aliphatic carbocycles. The summed E-state index contributed by atoms with van der Waals surface area (Å²) < 4.78 is 5.60. The molecule has 28 heavy (non-hydrogen) atoms. The second-order valence-electron chi connectivity index (χ2n) is 7.77. The van der Waals surface area contributed by atoms with Gasteiger partial charge in [0.05, 0.1) is 5.56 Å². The highest BCUT2D eigenvalue weighted by Gasteiger charge is 2.32. The molecule has 0 unspecified atom stereocenters. The minimum absolute atomic E-state index is 0.104. The second kappa shape index (κ2) is 9.30. The maximum absolute atomic E-state index is 12.7. The van der Waals surface area contributed by atoms with Gasteiger partial charge in [-0.15, -0.1) is 0 Å². The molecule has 5 heteroatoms. The highest BCUT2D eigenvalue weighted by molar-refractivity contribution is 5.93. The monoisotopic (exact) mass is 379 g/mol. The summed E-state index contributed by atoms with van der Waals surface area (Å²) in [4.78, 5) is 21.5. The smallest absolute Gasteiger partial charge is 0.255 e. The van der Waals surface area contributed by atoms with Crippen molar-refractivity contribution in [3.05, 3.63) is 66.0 Å². The average molecular weight is 380 g/mol. The summed E-state index contributed by atoms with van der Waals surface area (Å²) >= 11 is 0. The van der Waals surface area contributed by atoms with Crippen LogP contribution in [0.1, 0.15) is 41.6 Å². The summed E-state index contributed by atoms with van der Waals surface area (Å²) in [7, 11) is 0. The normalized spacial score (nSPS) is 19.1. The molecule has 0 saturated carbocycles. The van der Waals surface area contributed by atoms with E-state index in [-0.39, 0.29) is 5.91 Å². The molecule has 2 aromatic rings. The molecular weight excluding hydrogens is 350 g/mol. The topological polar surface area (TPSA) is 45.7 Å². The molecule has 0 spiro atoms. The first-order valence-corrected chi connectivity index (χ1v) is 10.4. The molecule has 0 N–H and O–H groups in total. The van der Waals surface area contributed by atoms with Gasteiger partial charge in [-0.3, -0.25) is 14.7 Å². The van der Waals surface area contributed by atoms with Crippen molar-refractivity contribution in [2.45, 2.75) is 44.3 Å². The molecule has 5 nitrogen and oxygen atoms in total. The Morgan fingerprint density at radius 1 is 1.00 bits per heavy atom.